The first-order chi connectivity index (χ1) is 15.2. The Morgan fingerprint density at radius 1 is 1.03 bits per heavy atom. The zero-order valence-corrected chi connectivity index (χ0v) is 18.8. The number of hydrogen-bond acceptors (Lipinski definition) is 4. The van der Waals surface area contributed by atoms with E-state index in [4.69, 9.17) is 0 Å². The first-order valence-corrected chi connectivity index (χ1v) is 11.7. The summed E-state index contributed by atoms with van der Waals surface area (Å²) in [5.41, 5.74) is 4.22. The fourth-order valence-corrected chi connectivity index (χ4v) is 4.66. The summed E-state index contributed by atoms with van der Waals surface area (Å²) in [6.45, 7) is 5.26. The molecule has 4 rings (SSSR count). The standard InChI is InChI=1S/C24H24N4O3S/c1-16(2)27-32(30,31)20-12-7-17(3)21(14-20)24(29)25-19-10-8-18(9-11-19)22-15-28-13-5-4-6-23(28)26-22/h4-16,27H,1-3H3,(H,25,29). The largest absolute Gasteiger partial charge is 0.322 e. The van der Waals surface area contributed by atoms with Gasteiger partial charge in [0.05, 0.1) is 10.6 Å². The Morgan fingerprint density at radius 2 is 1.78 bits per heavy atom. The van der Waals surface area contributed by atoms with Crippen LogP contribution in [0.25, 0.3) is 16.9 Å². The third-order valence-electron chi connectivity index (χ3n) is 4.96. The van der Waals surface area contributed by atoms with Crippen LogP contribution in [0.4, 0.5) is 5.69 Å². The maximum absolute atomic E-state index is 12.9. The van der Waals surface area contributed by atoms with Gasteiger partial charge in [0, 0.05) is 35.2 Å². The number of carbonyl (C=O) groups excluding carboxylic acids is 1. The Hall–Kier alpha value is -3.49. The Morgan fingerprint density at radius 3 is 2.47 bits per heavy atom. The molecule has 164 valence electrons. The average Bonchev–Trinajstić information content (AvgIpc) is 3.17. The van der Waals surface area contributed by atoms with Crippen LogP contribution in [0.3, 0.4) is 0 Å². The van der Waals surface area contributed by atoms with E-state index in [1.165, 1.54) is 12.1 Å². The first kappa shape index (κ1) is 21.7. The molecule has 2 aromatic heterocycles. The Kier molecular flexibility index (Phi) is 5.82. The van der Waals surface area contributed by atoms with E-state index in [1.54, 1.807) is 39.0 Å². The van der Waals surface area contributed by atoms with Gasteiger partial charge in [0.1, 0.15) is 5.65 Å². The van der Waals surface area contributed by atoms with Gasteiger partial charge >= 0.3 is 0 Å². The van der Waals surface area contributed by atoms with Gasteiger partial charge in [-0.15, -0.1) is 0 Å². The highest BCUT2D eigenvalue weighted by atomic mass is 32.2. The van der Waals surface area contributed by atoms with E-state index >= 15 is 0 Å². The van der Waals surface area contributed by atoms with Crippen LogP contribution in [0.1, 0.15) is 29.8 Å². The maximum atomic E-state index is 12.9. The molecule has 0 aliphatic heterocycles. The molecule has 0 spiro atoms. The minimum atomic E-state index is -3.69. The van der Waals surface area contributed by atoms with Crippen molar-refractivity contribution in [1.29, 1.82) is 0 Å². The number of nitrogens with one attached hydrogen (secondary N) is 2. The van der Waals surface area contributed by atoms with Gasteiger partial charge in [-0.2, -0.15) is 0 Å². The Labute approximate surface area is 187 Å². The van der Waals surface area contributed by atoms with Crippen molar-refractivity contribution in [3.05, 3.63) is 84.2 Å². The number of aromatic nitrogens is 2. The summed E-state index contributed by atoms with van der Waals surface area (Å²) in [4.78, 5) is 17.5. The molecule has 0 bridgehead atoms. The molecular weight excluding hydrogens is 424 g/mol. The molecule has 0 atom stereocenters. The second-order valence-corrected chi connectivity index (χ2v) is 9.59. The lowest BCUT2D eigenvalue weighted by molar-refractivity contribution is 0.102. The number of aryl methyl sites for hydroxylation is 1. The quantitative estimate of drug-likeness (QED) is 0.461. The summed E-state index contributed by atoms with van der Waals surface area (Å²) in [5.74, 6) is -0.371. The van der Waals surface area contributed by atoms with E-state index in [2.05, 4.69) is 15.0 Å². The predicted molar refractivity (Wildman–Crippen MR) is 125 cm³/mol. The highest BCUT2D eigenvalue weighted by molar-refractivity contribution is 7.89. The molecule has 7 nitrogen and oxygen atoms in total. The third kappa shape index (κ3) is 4.56. The second kappa shape index (κ2) is 8.57. The second-order valence-electron chi connectivity index (χ2n) is 7.88. The monoisotopic (exact) mass is 448 g/mol. The van der Waals surface area contributed by atoms with Crippen molar-refractivity contribution in [1.82, 2.24) is 14.1 Å². The first-order valence-electron chi connectivity index (χ1n) is 10.2. The van der Waals surface area contributed by atoms with Crippen LogP contribution in [-0.2, 0) is 10.0 Å². The van der Waals surface area contributed by atoms with Crippen molar-refractivity contribution in [3.63, 3.8) is 0 Å². The van der Waals surface area contributed by atoms with Gasteiger partial charge in [0.25, 0.3) is 5.91 Å². The average molecular weight is 449 g/mol. The fourth-order valence-electron chi connectivity index (χ4n) is 3.39. The van der Waals surface area contributed by atoms with E-state index in [9.17, 15) is 13.2 Å². The van der Waals surface area contributed by atoms with Crippen LogP contribution in [-0.4, -0.2) is 29.8 Å². The number of amides is 1. The van der Waals surface area contributed by atoms with Gasteiger partial charge < -0.3 is 9.72 Å². The molecule has 2 heterocycles. The van der Waals surface area contributed by atoms with Crippen LogP contribution in [0, 0.1) is 6.92 Å². The maximum Gasteiger partial charge on any atom is 0.255 e. The van der Waals surface area contributed by atoms with Gasteiger partial charge in [-0.1, -0.05) is 24.3 Å². The van der Waals surface area contributed by atoms with Crippen molar-refractivity contribution in [3.8, 4) is 11.3 Å². The molecule has 0 fully saturated rings. The van der Waals surface area contributed by atoms with Crippen molar-refractivity contribution >= 4 is 27.3 Å². The number of benzene rings is 2. The number of hydrogen-bond donors (Lipinski definition) is 2. The smallest absolute Gasteiger partial charge is 0.255 e. The minimum absolute atomic E-state index is 0.0594. The molecule has 32 heavy (non-hydrogen) atoms. The molecule has 2 aromatic carbocycles. The summed E-state index contributed by atoms with van der Waals surface area (Å²) < 4.78 is 29.4. The summed E-state index contributed by atoms with van der Waals surface area (Å²) in [7, 11) is -3.69. The van der Waals surface area contributed by atoms with Crippen molar-refractivity contribution < 1.29 is 13.2 Å². The van der Waals surface area contributed by atoms with Gasteiger partial charge in [-0.3, -0.25) is 4.79 Å². The van der Waals surface area contributed by atoms with Crippen molar-refractivity contribution in [2.75, 3.05) is 5.32 Å². The topological polar surface area (TPSA) is 92.6 Å². The normalized spacial score (nSPS) is 11.8. The van der Waals surface area contributed by atoms with Crippen molar-refractivity contribution in [2.45, 2.75) is 31.7 Å². The number of anilines is 1. The predicted octanol–water partition coefficient (Wildman–Crippen LogP) is 4.25. The molecule has 0 saturated heterocycles. The number of sulfonamides is 1. The van der Waals surface area contributed by atoms with Crippen LogP contribution in [0.2, 0.25) is 0 Å². The molecule has 0 unspecified atom stereocenters. The van der Waals surface area contributed by atoms with Crippen molar-refractivity contribution in [2.24, 2.45) is 0 Å². The van der Waals surface area contributed by atoms with Crippen LogP contribution in [0.5, 0.6) is 0 Å². The fraction of sp³-hybridized carbons (Fsp3) is 0.167. The van der Waals surface area contributed by atoms with E-state index in [-0.39, 0.29) is 16.8 Å². The molecule has 0 saturated carbocycles. The molecule has 4 aromatic rings. The highest BCUT2D eigenvalue weighted by Gasteiger charge is 2.19. The van der Waals surface area contributed by atoms with Gasteiger partial charge in [-0.25, -0.2) is 18.1 Å². The van der Waals surface area contributed by atoms with Gasteiger partial charge in [0.15, 0.2) is 0 Å². The van der Waals surface area contributed by atoms with Crippen LogP contribution in [0.15, 0.2) is 78.0 Å². The lowest BCUT2D eigenvalue weighted by Crippen LogP contribution is -2.30. The van der Waals surface area contributed by atoms with Gasteiger partial charge in [0.2, 0.25) is 10.0 Å². The summed E-state index contributed by atoms with van der Waals surface area (Å²) in [5, 5.41) is 2.84. The summed E-state index contributed by atoms with van der Waals surface area (Å²) >= 11 is 0. The lowest BCUT2D eigenvalue weighted by Gasteiger charge is -2.13. The summed E-state index contributed by atoms with van der Waals surface area (Å²) in [6, 6.07) is 17.5. The van der Waals surface area contributed by atoms with E-state index < -0.39 is 10.0 Å². The molecular formula is C24H24N4O3S. The Bertz CT molecular complexity index is 1360. The van der Waals surface area contributed by atoms with Gasteiger partial charge in [-0.05, 0) is 62.7 Å². The number of carbonyl (C=O) groups is 1. The number of nitrogens with zero attached hydrogens (tertiary/aromatic N) is 2. The van der Waals surface area contributed by atoms with Crippen LogP contribution >= 0.6 is 0 Å². The number of imidazole rings is 1. The number of fused-ring (bicyclic) bond motifs is 1. The third-order valence-corrected chi connectivity index (χ3v) is 6.61. The molecule has 1 amide bonds. The molecule has 0 aliphatic rings. The van der Waals surface area contributed by atoms with Crippen LogP contribution < -0.4 is 10.0 Å². The zero-order chi connectivity index (χ0) is 22.9. The summed E-state index contributed by atoms with van der Waals surface area (Å²) in [6.07, 6.45) is 3.89. The molecule has 8 heteroatoms. The van der Waals surface area contributed by atoms with E-state index in [1.807, 2.05) is 47.1 Å². The molecule has 0 aliphatic carbocycles. The Balaban J connectivity index is 1.54. The molecule has 2 N–H and O–H groups in total. The zero-order valence-electron chi connectivity index (χ0n) is 18.0. The minimum Gasteiger partial charge on any atom is -0.322 e. The molecule has 0 radical (unpaired) electrons. The van der Waals surface area contributed by atoms with E-state index in [0.717, 1.165) is 16.9 Å². The highest BCUT2D eigenvalue weighted by Crippen LogP contribution is 2.22. The number of pyridine rings is 1. The SMILES string of the molecule is Cc1ccc(S(=O)(=O)NC(C)C)cc1C(=O)Nc1ccc(-c2cn3ccccc3n2)cc1. The number of rotatable bonds is 6. The van der Waals surface area contributed by atoms with E-state index in [0.29, 0.717) is 16.8 Å². The lowest BCUT2D eigenvalue weighted by atomic mass is 10.1.